The van der Waals surface area contributed by atoms with Crippen LogP contribution in [0.4, 0.5) is 0 Å². The summed E-state index contributed by atoms with van der Waals surface area (Å²) >= 11 is 1.83. The minimum absolute atomic E-state index is 0.983. The van der Waals surface area contributed by atoms with Crippen molar-refractivity contribution < 1.29 is 0 Å². The highest BCUT2D eigenvalue weighted by Gasteiger charge is 2.18. The third-order valence-electron chi connectivity index (χ3n) is 10.3. The number of fused-ring (bicyclic) bond motifs is 12. The molecule has 0 bridgehead atoms. The average molecular weight is 654 g/mol. The maximum Gasteiger partial charge on any atom is 0.0888 e. The molecule has 234 valence electrons. The van der Waals surface area contributed by atoms with Crippen LogP contribution in [0.5, 0.6) is 0 Å². The number of nitrogens with zero attached hydrogens (tertiary/aromatic N) is 1. The number of aromatic nitrogens is 1. The van der Waals surface area contributed by atoms with E-state index in [1.165, 1.54) is 85.2 Å². The zero-order chi connectivity index (χ0) is 33.3. The van der Waals surface area contributed by atoms with E-state index in [1.54, 1.807) is 0 Å². The molecule has 0 radical (unpaired) electrons. The van der Waals surface area contributed by atoms with Crippen molar-refractivity contribution in [1.29, 1.82) is 0 Å². The highest BCUT2D eigenvalue weighted by molar-refractivity contribution is 7.26. The van der Waals surface area contributed by atoms with Crippen LogP contribution in [0.25, 0.3) is 109 Å². The number of allylic oxidation sites excluding steroid dienone is 1. The largest absolute Gasteiger partial charge is 0.246 e. The van der Waals surface area contributed by atoms with Gasteiger partial charge in [0.15, 0.2) is 0 Å². The first kappa shape index (κ1) is 28.9. The highest BCUT2D eigenvalue weighted by atomic mass is 32.1. The van der Waals surface area contributed by atoms with Gasteiger partial charge in [-0.3, -0.25) is 0 Å². The van der Waals surface area contributed by atoms with E-state index >= 15 is 0 Å². The van der Waals surface area contributed by atoms with Crippen molar-refractivity contribution in [3.05, 3.63) is 163 Å². The molecule has 0 amide bonds. The van der Waals surface area contributed by atoms with Gasteiger partial charge < -0.3 is 0 Å². The van der Waals surface area contributed by atoms with Gasteiger partial charge >= 0.3 is 0 Å². The molecule has 0 spiro atoms. The molecule has 1 nitrogen and oxygen atoms in total. The zero-order valence-electron chi connectivity index (χ0n) is 27.6. The Morgan fingerprint density at radius 1 is 0.480 bits per heavy atom. The molecule has 2 heterocycles. The highest BCUT2D eigenvalue weighted by Crippen LogP contribution is 2.44. The molecule has 0 N–H and O–H groups in total. The van der Waals surface area contributed by atoms with E-state index in [2.05, 4.69) is 165 Å². The molecule has 0 unspecified atom stereocenters. The average Bonchev–Trinajstić information content (AvgIpc) is 3.56. The lowest BCUT2D eigenvalue weighted by molar-refractivity contribution is 1.37. The quantitative estimate of drug-likeness (QED) is 0.172. The molecule has 0 atom stereocenters. The van der Waals surface area contributed by atoms with Crippen molar-refractivity contribution in [1.82, 2.24) is 4.98 Å². The summed E-state index contributed by atoms with van der Waals surface area (Å²) in [6, 6.07) is 51.1. The minimum atomic E-state index is 0.983. The molecule has 50 heavy (non-hydrogen) atoms. The van der Waals surface area contributed by atoms with Gasteiger partial charge in [-0.15, -0.1) is 11.3 Å². The lowest BCUT2D eigenvalue weighted by Crippen LogP contribution is -1.93. The lowest BCUT2D eigenvalue weighted by atomic mass is 9.90. The molecule has 10 aromatic rings. The fourth-order valence-corrected chi connectivity index (χ4v) is 9.29. The van der Waals surface area contributed by atoms with Gasteiger partial charge in [-0.1, -0.05) is 140 Å². The summed E-state index contributed by atoms with van der Waals surface area (Å²) in [5.74, 6) is 0. The second-order valence-electron chi connectivity index (χ2n) is 13.0. The van der Waals surface area contributed by atoms with Crippen molar-refractivity contribution in [3.63, 3.8) is 0 Å². The van der Waals surface area contributed by atoms with Gasteiger partial charge in [-0.2, -0.15) is 0 Å². The lowest BCUT2D eigenvalue weighted by Gasteiger charge is -2.15. The topological polar surface area (TPSA) is 12.9 Å². The number of thiophene rings is 1. The third-order valence-corrected chi connectivity index (χ3v) is 11.5. The number of benzene rings is 8. The van der Waals surface area contributed by atoms with Gasteiger partial charge in [-0.25, -0.2) is 4.98 Å². The Hall–Kier alpha value is -6.09. The molecule has 0 aliphatic rings. The molecule has 0 saturated heterocycles. The van der Waals surface area contributed by atoms with E-state index < -0.39 is 0 Å². The Morgan fingerprint density at radius 3 is 1.66 bits per heavy atom. The van der Waals surface area contributed by atoms with Gasteiger partial charge in [-0.05, 0) is 96.2 Å². The first-order valence-electron chi connectivity index (χ1n) is 17.1. The van der Waals surface area contributed by atoms with Crippen molar-refractivity contribution in [2.24, 2.45) is 0 Å². The Morgan fingerprint density at radius 2 is 0.980 bits per heavy atom. The first-order valence-corrected chi connectivity index (χ1v) is 17.9. The standard InChI is InChI=1S/C48H31NS/c1-3-13-32-31(4-2)33-14-5-9-18-37(33)43-27-30(23-25-39(32)43)47-48-44(41-20-11-12-21-46(41)50-48)28-45(49-47)29-22-24-40-36-17-7-6-15-34(36)35-16-8-10-19-38(35)42(40)26-29/h3-28H,2H2,1H3/b13-3-. The predicted molar refractivity (Wildman–Crippen MR) is 220 cm³/mol. The minimum Gasteiger partial charge on any atom is -0.246 e. The van der Waals surface area contributed by atoms with Crippen LogP contribution in [0.15, 0.2) is 152 Å². The van der Waals surface area contributed by atoms with E-state index in [-0.39, 0.29) is 0 Å². The summed E-state index contributed by atoms with van der Waals surface area (Å²) in [7, 11) is 0. The summed E-state index contributed by atoms with van der Waals surface area (Å²) < 4.78 is 2.49. The van der Waals surface area contributed by atoms with E-state index in [9.17, 15) is 0 Å². The number of hydrogen-bond acceptors (Lipinski definition) is 2. The van der Waals surface area contributed by atoms with E-state index in [0.717, 1.165) is 22.5 Å². The van der Waals surface area contributed by atoms with E-state index in [4.69, 9.17) is 4.98 Å². The Bertz CT molecular complexity index is 3030. The molecule has 2 heteroatoms. The molecule has 8 aromatic carbocycles. The maximum atomic E-state index is 5.55. The molecule has 0 aliphatic carbocycles. The number of pyridine rings is 1. The molecule has 0 aliphatic heterocycles. The molecule has 0 saturated carbocycles. The van der Waals surface area contributed by atoms with E-state index in [0.29, 0.717) is 0 Å². The molecule has 10 rings (SSSR count). The smallest absolute Gasteiger partial charge is 0.0888 e. The molecule has 0 fully saturated rings. The van der Waals surface area contributed by atoms with Crippen LogP contribution in [0, 0.1) is 0 Å². The Kier molecular flexibility index (Phi) is 6.49. The monoisotopic (exact) mass is 653 g/mol. The van der Waals surface area contributed by atoms with Crippen molar-refractivity contribution in [2.75, 3.05) is 0 Å². The van der Waals surface area contributed by atoms with Gasteiger partial charge in [0.05, 0.1) is 16.1 Å². The Labute approximate surface area is 294 Å². The maximum absolute atomic E-state index is 5.55. The summed E-state index contributed by atoms with van der Waals surface area (Å²) in [6.07, 6.45) is 6.32. The molecule has 2 aromatic heterocycles. The summed E-state index contributed by atoms with van der Waals surface area (Å²) in [6.45, 7) is 6.27. The van der Waals surface area contributed by atoms with Crippen LogP contribution < -0.4 is 0 Å². The van der Waals surface area contributed by atoms with Crippen molar-refractivity contribution >= 4 is 97.5 Å². The van der Waals surface area contributed by atoms with Gasteiger partial charge in [0.25, 0.3) is 0 Å². The zero-order valence-corrected chi connectivity index (χ0v) is 28.4. The summed E-state index contributed by atoms with van der Waals surface area (Å²) in [5.41, 5.74) is 6.62. The second-order valence-corrected chi connectivity index (χ2v) is 14.1. The normalized spacial score (nSPS) is 12.1. The number of rotatable bonds is 4. The second kappa shape index (κ2) is 11.2. The van der Waals surface area contributed by atoms with Crippen LogP contribution >= 0.6 is 11.3 Å². The van der Waals surface area contributed by atoms with Gasteiger partial charge in [0.2, 0.25) is 0 Å². The van der Waals surface area contributed by atoms with Crippen LogP contribution in [0.2, 0.25) is 0 Å². The first-order chi connectivity index (χ1) is 24.7. The van der Waals surface area contributed by atoms with Crippen molar-refractivity contribution in [3.8, 4) is 22.5 Å². The molecular weight excluding hydrogens is 623 g/mol. The third kappa shape index (κ3) is 4.22. The van der Waals surface area contributed by atoms with Crippen LogP contribution in [0.1, 0.15) is 18.1 Å². The van der Waals surface area contributed by atoms with Gasteiger partial charge in [0.1, 0.15) is 0 Å². The SMILES string of the molecule is C=Cc1c(/C=C\C)c2ccc(-c3nc(-c4ccc5c6ccccc6c6ccccc6c5c4)cc4c3sc3ccccc34)cc2c2ccccc12. The van der Waals surface area contributed by atoms with Crippen LogP contribution in [-0.4, -0.2) is 4.98 Å². The molecular formula is C48H31NS. The van der Waals surface area contributed by atoms with Crippen LogP contribution in [0.3, 0.4) is 0 Å². The van der Waals surface area contributed by atoms with Gasteiger partial charge in [0, 0.05) is 26.6 Å². The fraction of sp³-hybridized carbons (Fsp3) is 0.0208. The summed E-state index contributed by atoms with van der Waals surface area (Å²) in [5, 5.41) is 15.0. The van der Waals surface area contributed by atoms with E-state index in [1.807, 2.05) is 17.4 Å². The fourth-order valence-electron chi connectivity index (χ4n) is 8.09. The van der Waals surface area contributed by atoms with Crippen LogP contribution in [-0.2, 0) is 0 Å². The Balaban J connectivity index is 1.28. The van der Waals surface area contributed by atoms with Crippen molar-refractivity contribution in [2.45, 2.75) is 6.92 Å². The number of hydrogen-bond donors (Lipinski definition) is 0. The summed E-state index contributed by atoms with van der Waals surface area (Å²) in [4.78, 5) is 5.55. The predicted octanol–water partition coefficient (Wildman–Crippen LogP) is 14.2.